The van der Waals surface area contributed by atoms with Gasteiger partial charge in [0, 0.05) is 31.6 Å². The molecule has 1 amide bonds. The number of carbonyl (C=O) groups is 1. The number of ether oxygens (including phenoxy) is 1. The van der Waals surface area contributed by atoms with E-state index in [1.807, 2.05) is 20.8 Å². The Hall–Kier alpha value is -0.820. The second-order valence-electron chi connectivity index (χ2n) is 7.14. The summed E-state index contributed by atoms with van der Waals surface area (Å²) in [7, 11) is -3.08. The van der Waals surface area contributed by atoms with E-state index in [9.17, 15) is 13.2 Å². The van der Waals surface area contributed by atoms with Crippen LogP contribution in [0.5, 0.6) is 0 Å². The maximum absolute atomic E-state index is 11.9. The summed E-state index contributed by atoms with van der Waals surface area (Å²) in [5, 5.41) is 0. The van der Waals surface area contributed by atoms with Crippen molar-refractivity contribution in [3.05, 3.63) is 0 Å². The summed E-state index contributed by atoms with van der Waals surface area (Å²) in [6.45, 7) is 9.74. The molecule has 1 spiro atoms. The second-order valence-corrected chi connectivity index (χ2v) is 9.39. The monoisotopic (exact) mass is 318 g/mol. The first-order valence-corrected chi connectivity index (χ1v) is 9.14. The van der Waals surface area contributed by atoms with Crippen LogP contribution in [0.3, 0.4) is 0 Å². The fourth-order valence-electron chi connectivity index (χ4n) is 2.96. The maximum atomic E-state index is 11.9. The first-order valence-electron chi connectivity index (χ1n) is 7.53. The molecule has 0 unspecified atom stereocenters. The van der Waals surface area contributed by atoms with Crippen molar-refractivity contribution in [2.24, 2.45) is 5.41 Å². The minimum atomic E-state index is -3.08. The summed E-state index contributed by atoms with van der Waals surface area (Å²) in [6.07, 6.45) is 1.38. The van der Waals surface area contributed by atoms with Gasteiger partial charge in [0.15, 0.2) is 0 Å². The van der Waals surface area contributed by atoms with E-state index in [0.717, 1.165) is 12.8 Å². The predicted octanol–water partition coefficient (Wildman–Crippen LogP) is 1.67. The van der Waals surface area contributed by atoms with Crippen molar-refractivity contribution in [1.82, 2.24) is 9.21 Å². The van der Waals surface area contributed by atoms with Crippen LogP contribution in [0.25, 0.3) is 0 Å². The number of carbonyl (C=O) groups excluding carboxylic acids is 1. The number of amides is 1. The van der Waals surface area contributed by atoms with Gasteiger partial charge in [-0.2, -0.15) is 0 Å². The van der Waals surface area contributed by atoms with Gasteiger partial charge in [-0.1, -0.05) is 0 Å². The molecule has 2 heterocycles. The summed E-state index contributed by atoms with van der Waals surface area (Å²) >= 11 is 0. The number of nitrogens with zero attached hydrogens (tertiary/aromatic N) is 2. The van der Waals surface area contributed by atoms with Crippen LogP contribution in [0.4, 0.5) is 4.79 Å². The molecular weight excluding hydrogens is 292 g/mol. The third kappa shape index (κ3) is 3.69. The van der Waals surface area contributed by atoms with E-state index in [4.69, 9.17) is 4.74 Å². The van der Waals surface area contributed by atoms with Gasteiger partial charge in [0.05, 0.1) is 5.75 Å². The highest BCUT2D eigenvalue weighted by Crippen LogP contribution is 2.41. The highest BCUT2D eigenvalue weighted by atomic mass is 32.2. The molecule has 21 heavy (non-hydrogen) atoms. The Kier molecular flexibility index (Phi) is 4.28. The number of likely N-dealkylation sites (tertiary alicyclic amines) is 1. The van der Waals surface area contributed by atoms with Crippen LogP contribution in [-0.2, 0) is 14.8 Å². The van der Waals surface area contributed by atoms with Crippen LogP contribution in [-0.4, -0.2) is 61.2 Å². The number of sulfonamides is 1. The van der Waals surface area contributed by atoms with Crippen molar-refractivity contribution in [1.29, 1.82) is 0 Å². The lowest BCUT2D eigenvalue weighted by Crippen LogP contribution is -2.62. The van der Waals surface area contributed by atoms with E-state index in [-0.39, 0.29) is 17.3 Å². The second kappa shape index (κ2) is 5.43. The Morgan fingerprint density at radius 3 is 2.14 bits per heavy atom. The Labute approximate surface area is 127 Å². The zero-order chi connectivity index (χ0) is 15.9. The molecule has 0 atom stereocenters. The van der Waals surface area contributed by atoms with E-state index >= 15 is 0 Å². The minimum Gasteiger partial charge on any atom is -0.444 e. The fraction of sp³-hybridized carbons (Fsp3) is 0.929. The lowest BCUT2D eigenvalue weighted by atomic mass is 9.72. The van der Waals surface area contributed by atoms with Crippen LogP contribution in [0.1, 0.15) is 40.5 Å². The molecule has 2 aliphatic rings. The Morgan fingerprint density at radius 2 is 1.71 bits per heavy atom. The number of piperidine rings is 1. The van der Waals surface area contributed by atoms with Gasteiger partial charge in [0.25, 0.3) is 0 Å². The van der Waals surface area contributed by atoms with Crippen LogP contribution >= 0.6 is 0 Å². The van der Waals surface area contributed by atoms with Crippen molar-refractivity contribution in [3.63, 3.8) is 0 Å². The first-order chi connectivity index (χ1) is 9.57. The molecule has 2 aliphatic heterocycles. The Morgan fingerprint density at radius 1 is 1.19 bits per heavy atom. The van der Waals surface area contributed by atoms with Gasteiger partial charge in [-0.25, -0.2) is 17.5 Å². The van der Waals surface area contributed by atoms with E-state index in [2.05, 4.69) is 0 Å². The molecule has 0 saturated carbocycles. The molecule has 2 rings (SSSR count). The van der Waals surface area contributed by atoms with Crippen molar-refractivity contribution < 1.29 is 17.9 Å². The molecule has 0 aliphatic carbocycles. The average Bonchev–Trinajstić information content (AvgIpc) is 2.34. The molecular formula is C14H26N2O4S. The van der Waals surface area contributed by atoms with Gasteiger partial charge in [-0.3, -0.25) is 0 Å². The molecule has 2 fully saturated rings. The molecule has 122 valence electrons. The third-order valence-electron chi connectivity index (χ3n) is 4.25. The van der Waals surface area contributed by atoms with Crippen molar-refractivity contribution in [2.45, 2.75) is 46.1 Å². The molecule has 0 bridgehead atoms. The summed E-state index contributed by atoms with van der Waals surface area (Å²) in [4.78, 5) is 13.7. The van der Waals surface area contributed by atoms with Crippen molar-refractivity contribution in [2.75, 3.05) is 31.9 Å². The molecule has 0 N–H and O–H groups in total. The van der Waals surface area contributed by atoms with E-state index < -0.39 is 15.6 Å². The van der Waals surface area contributed by atoms with E-state index in [0.29, 0.717) is 26.2 Å². The number of rotatable bonds is 2. The summed E-state index contributed by atoms with van der Waals surface area (Å²) in [5.74, 6) is 0.157. The molecule has 0 radical (unpaired) electrons. The predicted molar refractivity (Wildman–Crippen MR) is 80.5 cm³/mol. The lowest BCUT2D eigenvalue weighted by Gasteiger charge is -2.53. The quantitative estimate of drug-likeness (QED) is 0.777. The smallest absolute Gasteiger partial charge is 0.410 e. The SMILES string of the molecule is CCS(=O)(=O)N1CCC2(CC1)CN(C(=O)OC(C)(C)C)C2. The number of hydrogen-bond donors (Lipinski definition) is 0. The van der Waals surface area contributed by atoms with Gasteiger partial charge in [0.1, 0.15) is 5.60 Å². The van der Waals surface area contributed by atoms with Crippen LogP contribution in [0.15, 0.2) is 0 Å². The molecule has 2 saturated heterocycles. The first kappa shape index (κ1) is 16.5. The maximum Gasteiger partial charge on any atom is 0.410 e. The van der Waals surface area contributed by atoms with Gasteiger partial charge in [0.2, 0.25) is 10.0 Å². The van der Waals surface area contributed by atoms with Crippen molar-refractivity contribution >= 4 is 16.1 Å². The topological polar surface area (TPSA) is 66.9 Å². The van der Waals surface area contributed by atoms with Crippen LogP contribution in [0.2, 0.25) is 0 Å². The van der Waals surface area contributed by atoms with Gasteiger partial charge in [-0.15, -0.1) is 0 Å². The average molecular weight is 318 g/mol. The molecule has 7 heteroatoms. The highest BCUT2D eigenvalue weighted by molar-refractivity contribution is 7.89. The van der Waals surface area contributed by atoms with Crippen LogP contribution in [0, 0.1) is 5.41 Å². The van der Waals surface area contributed by atoms with Crippen molar-refractivity contribution in [3.8, 4) is 0 Å². The standard InChI is InChI=1S/C14H26N2O4S/c1-5-21(18,19)16-8-6-14(7-9-16)10-15(11-14)12(17)20-13(2,3)4/h5-11H2,1-4H3. The minimum absolute atomic E-state index is 0.0939. The van der Waals surface area contributed by atoms with E-state index in [1.54, 1.807) is 16.1 Å². The summed E-state index contributed by atoms with van der Waals surface area (Å²) in [6, 6.07) is 0. The molecule has 0 aromatic carbocycles. The van der Waals surface area contributed by atoms with Gasteiger partial charge < -0.3 is 9.64 Å². The molecule has 0 aromatic heterocycles. The molecule has 6 nitrogen and oxygen atoms in total. The normalized spacial score (nSPS) is 23.0. The Bertz CT molecular complexity index is 494. The van der Waals surface area contributed by atoms with Gasteiger partial charge in [-0.05, 0) is 40.5 Å². The largest absolute Gasteiger partial charge is 0.444 e. The number of hydrogen-bond acceptors (Lipinski definition) is 4. The highest BCUT2D eigenvalue weighted by Gasteiger charge is 2.48. The fourth-order valence-corrected chi connectivity index (χ4v) is 4.06. The third-order valence-corrected chi connectivity index (χ3v) is 6.13. The summed E-state index contributed by atoms with van der Waals surface area (Å²) in [5.41, 5.74) is -0.380. The van der Waals surface area contributed by atoms with Gasteiger partial charge >= 0.3 is 6.09 Å². The zero-order valence-corrected chi connectivity index (χ0v) is 14.2. The van der Waals surface area contributed by atoms with E-state index in [1.165, 1.54) is 0 Å². The summed E-state index contributed by atoms with van der Waals surface area (Å²) < 4.78 is 30.6. The lowest BCUT2D eigenvalue weighted by molar-refractivity contribution is -0.0521. The zero-order valence-electron chi connectivity index (χ0n) is 13.4. The van der Waals surface area contributed by atoms with Crippen LogP contribution < -0.4 is 0 Å². The Balaban J connectivity index is 1.84. The molecule has 0 aromatic rings.